The van der Waals surface area contributed by atoms with Gasteiger partial charge in [0.25, 0.3) is 0 Å². The molecule has 0 unspecified atom stereocenters. The van der Waals surface area contributed by atoms with Crippen molar-refractivity contribution in [2.75, 3.05) is 26.7 Å². The van der Waals surface area contributed by atoms with E-state index in [1.165, 1.54) is 12.8 Å². The Morgan fingerprint density at radius 1 is 1.36 bits per heavy atom. The van der Waals surface area contributed by atoms with Crippen molar-refractivity contribution in [2.24, 2.45) is 0 Å². The fraction of sp³-hybridized carbons (Fsp3) is 1.00. The summed E-state index contributed by atoms with van der Waals surface area (Å²) in [7, 11) is 2.17. The molecule has 0 saturated carbocycles. The highest BCUT2D eigenvalue weighted by molar-refractivity contribution is 4.77. The zero-order valence-corrected chi connectivity index (χ0v) is 9.71. The van der Waals surface area contributed by atoms with Gasteiger partial charge in [-0.1, -0.05) is 0 Å². The molecule has 1 heterocycles. The van der Waals surface area contributed by atoms with Gasteiger partial charge in [0.1, 0.15) is 0 Å². The lowest BCUT2D eigenvalue weighted by Crippen LogP contribution is -2.42. The Balaban J connectivity index is 2.23. The molecule has 3 nitrogen and oxygen atoms in total. The van der Waals surface area contributed by atoms with Crippen LogP contribution in [-0.4, -0.2) is 48.3 Å². The van der Waals surface area contributed by atoms with Crippen molar-refractivity contribution in [3.05, 3.63) is 0 Å². The van der Waals surface area contributed by atoms with Crippen molar-refractivity contribution in [1.29, 1.82) is 0 Å². The van der Waals surface area contributed by atoms with Crippen LogP contribution in [0.4, 0.5) is 0 Å². The zero-order chi connectivity index (χ0) is 10.6. The van der Waals surface area contributed by atoms with Crippen LogP contribution >= 0.6 is 0 Å². The van der Waals surface area contributed by atoms with Crippen molar-refractivity contribution < 1.29 is 5.11 Å². The Labute approximate surface area is 87.5 Å². The van der Waals surface area contributed by atoms with Gasteiger partial charge < -0.3 is 15.3 Å². The molecule has 0 aromatic rings. The Morgan fingerprint density at radius 2 is 1.93 bits per heavy atom. The number of nitrogens with one attached hydrogen (secondary N) is 1. The van der Waals surface area contributed by atoms with Crippen LogP contribution in [0, 0.1) is 0 Å². The van der Waals surface area contributed by atoms with E-state index in [9.17, 15) is 5.11 Å². The van der Waals surface area contributed by atoms with Crippen LogP contribution in [0.15, 0.2) is 0 Å². The molecule has 84 valence electrons. The molecular weight excluding hydrogens is 176 g/mol. The highest BCUT2D eigenvalue weighted by Gasteiger charge is 2.20. The first-order chi connectivity index (χ1) is 6.49. The molecule has 1 rings (SSSR count). The van der Waals surface area contributed by atoms with E-state index in [-0.39, 0.29) is 0 Å². The number of hydrogen-bond donors (Lipinski definition) is 2. The number of nitrogens with zero attached hydrogens (tertiary/aromatic N) is 1. The van der Waals surface area contributed by atoms with Crippen LogP contribution in [0.25, 0.3) is 0 Å². The summed E-state index contributed by atoms with van der Waals surface area (Å²) >= 11 is 0. The third-order valence-corrected chi connectivity index (χ3v) is 3.01. The van der Waals surface area contributed by atoms with Crippen LogP contribution in [0.3, 0.4) is 0 Å². The minimum absolute atomic E-state index is 0.527. The van der Waals surface area contributed by atoms with Gasteiger partial charge in [0.2, 0.25) is 0 Å². The van der Waals surface area contributed by atoms with Crippen LogP contribution in [0.1, 0.15) is 33.1 Å². The van der Waals surface area contributed by atoms with E-state index in [0.29, 0.717) is 6.04 Å². The molecule has 1 aliphatic heterocycles. The van der Waals surface area contributed by atoms with E-state index in [0.717, 1.165) is 26.1 Å². The van der Waals surface area contributed by atoms with Crippen molar-refractivity contribution in [3.8, 4) is 0 Å². The van der Waals surface area contributed by atoms with E-state index in [1.54, 1.807) is 0 Å². The molecular formula is C11H24N2O. The first-order valence-corrected chi connectivity index (χ1v) is 5.62. The molecule has 0 amide bonds. The summed E-state index contributed by atoms with van der Waals surface area (Å²) < 4.78 is 0. The fourth-order valence-electron chi connectivity index (χ4n) is 1.88. The number of rotatable bonds is 4. The van der Waals surface area contributed by atoms with E-state index in [2.05, 4.69) is 17.3 Å². The zero-order valence-electron chi connectivity index (χ0n) is 9.71. The minimum Gasteiger partial charge on any atom is -0.390 e. The predicted octanol–water partition coefficient (Wildman–Crippen LogP) is 0.831. The SMILES string of the molecule is CN(CCC(C)(C)O)C1CCNCC1. The summed E-state index contributed by atoms with van der Waals surface area (Å²) in [6.45, 7) is 7.02. The van der Waals surface area contributed by atoms with Crippen LogP contribution < -0.4 is 5.32 Å². The highest BCUT2D eigenvalue weighted by Crippen LogP contribution is 2.13. The van der Waals surface area contributed by atoms with Crippen molar-refractivity contribution in [2.45, 2.75) is 44.8 Å². The summed E-state index contributed by atoms with van der Waals surface area (Å²) in [5, 5.41) is 13.0. The van der Waals surface area contributed by atoms with Gasteiger partial charge in [0.15, 0.2) is 0 Å². The summed E-state index contributed by atoms with van der Waals surface area (Å²) in [4.78, 5) is 2.39. The molecule has 2 N–H and O–H groups in total. The normalized spacial score (nSPS) is 20.4. The summed E-state index contributed by atoms with van der Waals surface area (Å²) in [5.41, 5.74) is -0.527. The molecule has 0 spiro atoms. The third kappa shape index (κ3) is 4.40. The second-order valence-electron chi connectivity index (χ2n) is 5.02. The Hall–Kier alpha value is -0.120. The van der Waals surface area contributed by atoms with E-state index >= 15 is 0 Å². The van der Waals surface area contributed by atoms with Crippen molar-refractivity contribution >= 4 is 0 Å². The van der Waals surface area contributed by atoms with Crippen LogP contribution in [0.5, 0.6) is 0 Å². The molecule has 0 bridgehead atoms. The van der Waals surface area contributed by atoms with Gasteiger partial charge in [-0.2, -0.15) is 0 Å². The maximum absolute atomic E-state index is 9.63. The van der Waals surface area contributed by atoms with Gasteiger partial charge in [-0.3, -0.25) is 0 Å². The number of aliphatic hydroxyl groups is 1. The number of piperidine rings is 1. The van der Waals surface area contributed by atoms with Gasteiger partial charge in [-0.05, 0) is 53.2 Å². The quantitative estimate of drug-likeness (QED) is 0.705. The lowest BCUT2D eigenvalue weighted by molar-refractivity contribution is 0.0532. The van der Waals surface area contributed by atoms with E-state index in [4.69, 9.17) is 0 Å². The van der Waals surface area contributed by atoms with Crippen LogP contribution in [-0.2, 0) is 0 Å². The predicted molar refractivity (Wildman–Crippen MR) is 59.4 cm³/mol. The van der Waals surface area contributed by atoms with E-state index in [1.807, 2.05) is 13.8 Å². The van der Waals surface area contributed by atoms with Crippen molar-refractivity contribution in [1.82, 2.24) is 10.2 Å². The van der Waals surface area contributed by atoms with Gasteiger partial charge in [0.05, 0.1) is 5.60 Å². The summed E-state index contributed by atoms with van der Waals surface area (Å²) in [6, 6.07) is 0.707. The molecule has 0 radical (unpaired) electrons. The number of hydrogen-bond acceptors (Lipinski definition) is 3. The molecule has 0 aromatic carbocycles. The largest absolute Gasteiger partial charge is 0.390 e. The average Bonchev–Trinajstić information content (AvgIpc) is 2.14. The lowest BCUT2D eigenvalue weighted by atomic mass is 10.0. The van der Waals surface area contributed by atoms with Crippen LogP contribution in [0.2, 0.25) is 0 Å². The van der Waals surface area contributed by atoms with Gasteiger partial charge in [-0.25, -0.2) is 0 Å². The fourth-order valence-corrected chi connectivity index (χ4v) is 1.88. The maximum Gasteiger partial charge on any atom is 0.0603 e. The average molecular weight is 200 g/mol. The highest BCUT2D eigenvalue weighted by atomic mass is 16.3. The minimum atomic E-state index is -0.527. The second-order valence-corrected chi connectivity index (χ2v) is 5.02. The molecule has 0 aromatic heterocycles. The Morgan fingerprint density at radius 3 is 2.43 bits per heavy atom. The third-order valence-electron chi connectivity index (χ3n) is 3.01. The lowest BCUT2D eigenvalue weighted by Gasteiger charge is -2.33. The topological polar surface area (TPSA) is 35.5 Å². The first-order valence-electron chi connectivity index (χ1n) is 5.62. The molecule has 14 heavy (non-hydrogen) atoms. The van der Waals surface area contributed by atoms with Crippen molar-refractivity contribution in [3.63, 3.8) is 0 Å². The standard InChI is InChI=1S/C11H24N2O/c1-11(2,14)6-9-13(3)10-4-7-12-8-5-10/h10,12,14H,4-9H2,1-3H3. The smallest absolute Gasteiger partial charge is 0.0603 e. The molecule has 1 saturated heterocycles. The maximum atomic E-state index is 9.63. The molecule has 1 aliphatic rings. The molecule has 0 atom stereocenters. The van der Waals surface area contributed by atoms with E-state index < -0.39 is 5.60 Å². The molecule has 1 fully saturated rings. The summed E-state index contributed by atoms with van der Waals surface area (Å²) in [6.07, 6.45) is 3.33. The Bertz CT molecular complexity index is 159. The molecule has 0 aliphatic carbocycles. The van der Waals surface area contributed by atoms with Gasteiger partial charge in [0, 0.05) is 12.6 Å². The second kappa shape index (κ2) is 5.10. The monoisotopic (exact) mass is 200 g/mol. The Kier molecular flexibility index (Phi) is 4.35. The first kappa shape index (κ1) is 12.0. The van der Waals surface area contributed by atoms with Gasteiger partial charge in [-0.15, -0.1) is 0 Å². The van der Waals surface area contributed by atoms with Gasteiger partial charge >= 0.3 is 0 Å². The summed E-state index contributed by atoms with van der Waals surface area (Å²) in [5.74, 6) is 0. The molecule has 3 heteroatoms.